The fourth-order valence-electron chi connectivity index (χ4n) is 1.67. The van der Waals surface area contributed by atoms with E-state index in [1.54, 1.807) is 0 Å². The van der Waals surface area contributed by atoms with Crippen LogP contribution in [0.4, 0.5) is 0 Å². The molecule has 0 aliphatic carbocycles. The molecule has 78 valence electrons. The monoisotopic (exact) mass is 196 g/mol. The standard InChI is InChI=1S/C10H16N2O2/c1-6-8(3-4-10(13)14)7(2)12-9(6)5-11/h12H,3-5,11H2,1-2H3,(H,13,14). The number of aryl methyl sites for hydroxylation is 1. The highest BCUT2D eigenvalue weighted by Crippen LogP contribution is 2.18. The second-order valence-corrected chi connectivity index (χ2v) is 3.43. The molecular formula is C10H16N2O2. The summed E-state index contributed by atoms with van der Waals surface area (Å²) in [5.41, 5.74) is 9.77. The molecule has 0 fully saturated rings. The molecule has 0 spiro atoms. The summed E-state index contributed by atoms with van der Waals surface area (Å²) in [5.74, 6) is -0.765. The minimum Gasteiger partial charge on any atom is -0.481 e. The van der Waals surface area contributed by atoms with E-state index < -0.39 is 5.97 Å². The molecule has 0 aromatic carbocycles. The van der Waals surface area contributed by atoms with Gasteiger partial charge in [-0.3, -0.25) is 4.79 Å². The summed E-state index contributed by atoms with van der Waals surface area (Å²) < 4.78 is 0. The predicted octanol–water partition coefficient (Wildman–Crippen LogP) is 1.11. The Hall–Kier alpha value is -1.29. The first-order valence-electron chi connectivity index (χ1n) is 4.65. The van der Waals surface area contributed by atoms with Gasteiger partial charge < -0.3 is 15.8 Å². The molecule has 0 aliphatic rings. The zero-order valence-electron chi connectivity index (χ0n) is 8.55. The minimum atomic E-state index is -0.765. The Morgan fingerprint density at radius 2 is 2.14 bits per heavy atom. The van der Waals surface area contributed by atoms with Crippen molar-refractivity contribution in [2.24, 2.45) is 5.73 Å². The van der Waals surface area contributed by atoms with E-state index in [9.17, 15) is 4.79 Å². The van der Waals surface area contributed by atoms with Crippen molar-refractivity contribution in [1.29, 1.82) is 0 Å². The van der Waals surface area contributed by atoms with Crippen molar-refractivity contribution >= 4 is 5.97 Å². The number of H-pyrrole nitrogens is 1. The van der Waals surface area contributed by atoms with Gasteiger partial charge >= 0.3 is 5.97 Å². The minimum absolute atomic E-state index is 0.170. The third kappa shape index (κ3) is 2.14. The van der Waals surface area contributed by atoms with Crippen LogP contribution in [0, 0.1) is 13.8 Å². The normalized spacial score (nSPS) is 10.5. The average Bonchev–Trinajstić information content (AvgIpc) is 2.39. The SMILES string of the molecule is Cc1[nH]c(CN)c(C)c1CCC(=O)O. The van der Waals surface area contributed by atoms with Crippen molar-refractivity contribution in [2.75, 3.05) is 0 Å². The number of rotatable bonds is 4. The van der Waals surface area contributed by atoms with Crippen LogP contribution in [0.2, 0.25) is 0 Å². The number of carbonyl (C=O) groups is 1. The number of nitrogens with one attached hydrogen (secondary N) is 1. The smallest absolute Gasteiger partial charge is 0.303 e. The van der Waals surface area contributed by atoms with E-state index in [0.29, 0.717) is 13.0 Å². The summed E-state index contributed by atoms with van der Waals surface area (Å²) in [7, 11) is 0. The van der Waals surface area contributed by atoms with Gasteiger partial charge in [0.1, 0.15) is 0 Å². The van der Waals surface area contributed by atoms with Crippen LogP contribution in [0.25, 0.3) is 0 Å². The zero-order chi connectivity index (χ0) is 10.7. The van der Waals surface area contributed by atoms with Crippen molar-refractivity contribution in [2.45, 2.75) is 33.2 Å². The molecule has 14 heavy (non-hydrogen) atoms. The molecule has 1 aromatic rings. The van der Waals surface area contributed by atoms with E-state index in [0.717, 1.165) is 22.5 Å². The van der Waals surface area contributed by atoms with Gasteiger partial charge in [0.25, 0.3) is 0 Å². The van der Waals surface area contributed by atoms with Crippen LogP contribution in [0.3, 0.4) is 0 Å². The van der Waals surface area contributed by atoms with Crippen LogP contribution in [0.5, 0.6) is 0 Å². The predicted molar refractivity (Wildman–Crippen MR) is 54.1 cm³/mol. The molecule has 0 radical (unpaired) electrons. The Morgan fingerprint density at radius 3 is 2.57 bits per heavy atom. The van der Waals surface area contributed by atoms with Gasteiger partial charge in [-0.25, -0.2) is 0 Å². The van der Waals surface area contributed by atoms with E-state index in [1.807, 2.05) is 13.8 Å². The second-order valence-electron chi connectivity index (χ2n) is 3.43. The Labute approximate surface area is 83.1 Å². The van der Waals surface area contributed by atoms with Gasteiger partial charge in [-0.2, -0.15) is 0 Å². The molecule has 0 unspecified atom stereocenters. The van der Waals surface area contributed by atoms with E-state index >= 15 is 0 Å². The number of hydrogen-bond donors (Lipinski definition) is 3. The van der Waals surface area contributed by atoms with E-state index in [-0.39, 0.29) is 6.42 Å². The molecule has 4 N–H and O–H groups in total. The average molecular weight is 196 g/mol. The highest BCUT2D eigenvalue weighted by molar-refractivity contribution is 5.67. The van der Waals surface area contributed by atoms with E-state index in [1.165, 1.54) is 0 Å². The second kappa shape index (κ2) is 4.28. The van der Waals surface area contributed by atoms with Crippen LogP contribution < -0.4 is 5.73 Å². The molecular weight excluding hydrogens is 180 g/mol. The van der Waals surface area contributed by atoms with Crippen LogP contribution in [0.1, 0.15) is 28.9 Å². The van der Waals surface area contributed by atoms with Crippen molar-refractivity contribution < 1.29 is 9.90 Å². The molecule has 4 heteroatoms. The number of aromatic nitrogens is 1. The molecule has 1 heterocycles. The summed E-state index contributed by atoms with van der Waals surface area (Å²) >= 11 is 0. The van der Waals surface area contributed by atoms with Crippen LogP contribution in [-0.2, 0) is 17.8 Å². The maximum absolute atomic E-state index is 10.4. The third-order valence-corrected chi connectivity index (χ3v) is 2.49. The number of carboxylic acid groups (broad SMARTS) is 1. The molecule has 0 amide bonds. The van der Waals surface area contributed by atoms with Crippen molar-refractivity contribution in [3.05, 3.63) is 22.5 Å². The first-order valence-corrected chi connectivity index (χ1v) is 4.65. The molecule has 0 bridgehead atoms. The van der Waals surface area contributed by atoms with Gasteiger partial charge in [-0.15, -0.1) is 0 Å². The van der Waals surface area contributed by atoms with Crippen molar-refractivity contribution in [1.82, 2.24) is 4.98 Å². The Kier molecular flexibility index (Phi) is 3.30. The topological polar surface area (TPSA) is 79.1 Å². The molecule has 1 rings (SSSR count). The van der Waals surface area contributed by atoms with Gasteiger partial charge in [0.05, 0.1) is 0 Å². The van der Waals surface area contributed by atoms with Gasteiger partial charge in [0.2, 0.25) is 0 Å². The van der Waals surface area contributed by atoms with Gasteiger partial charge in [0.15, 0.2) is 0 Å². The van der Waals surface area contributed by atoms with Gasteiger partial charge in [0, 0.05) is 24.4 Å². The van der Waals surface area contributed by atoms with Crippen molar-refractivity contribution in [3.63, 3.8) is 0 Å². The fourth-order valence-corrected chi connectivity index (χ4v) is 1.67. The quantitative estimate of drug-likeness (QED) is 0.674. The lowest BCUT2D eigenvalue weighted by Crippen LogP contribution is -2.00. The highest BCUT2D eigenvalue weighted by Gasteiger charge is 2.11. The zero-order valence-corrected chi connectivity index (χ0v) is 8.55. The summed E-state index contributed by atoms with van der Waals surface area (Å²) in [6.45, 7) is 4.39. The summed E-state index contributed by atoms with van der Waals surface area (Å²) in [4.78, 5) is 13.6. The Balaban J connectivity index is 2.85. The molecule has 0 atom stereocenters. The summed E-state index contributed by atoms with van der Waals surface area (Å²) in [6, 6.07) is 0. The number of carboxylic acids is 1. The Bertz CT molecular complexity index is 342. The van der Waals surface area contributed by atoms with Crippen LogP contribution >= 0.6 is 0 Å². The molecule has 0 aliphatic heterocycles. The molecule has 0 saturated heterocycles. The summed E-state index contributed by atoms with van der Waals surface area (Å²) in [6.07, 6.45) is 0.743. The summed E-state index contributed by atoms with van der Waals surface area (Å²) in [5, 5.41) is 8.59. The number of aromatic amines is 1. The van der Waals surface area contributed by atoms with Gasteiger partial charge in [-0.05, 0) is 31.4 Å². The largest absolute Gasteiger partial charge is 0.481 e. The van der Waals surface area contributed by atoms with E-state index in [2.05, 4.69) is 4.98 Å². The van der Waals surface area contributed by atoms with Crippen LogP contribution in [0.15, 0.2) is 0 Å². The van der Waals surface area contributed by atoms with Crippen molar-refractivity contribution in [3.8, 4) is 0 Å². The first kappa shape index (κ1) is 10.8. The fraction of sp³-hybridized carbons (Fsp3) is 0.500. The lowest BCUT2D eigenvalue weighted by molar-refractivity contribution is -0.136. The Morgan fingerprint density at radius 1 is 1.50 bits per heavy atom. The van der Waals surface area contributed by atoms with Gasteiger partial charge in [-0.1, -0.05) is 0 Å². The molecule has 4 nitrogen and oxygen atoms in total. The lowest BCUT2D eigenvalue weighted by Gasteiger charge is -1.99. The highest BCUT2D eigenvalue weighted by atomic mass is 16.4. The first-order chi connectivity index (χ1) is 6.56. The van der Waals surface area contributed by atoms with E-state index in [4.69, 9.17) is 10.8 Å². The molecule has 1 aromatic heterocycles. The third-order valence-electron chi connectivity index (χ3n) is 2.49. The number of nitrogens with two attached hydrogens (primary N) is 1. The lowest BCUT2D eigenvalue weighted by atomic mass is 10.1. The molecule has 0 saturated carbocycles. The maximum Gasteiger partial charge on any atom is 0.303 e. The van der Waals surface area contributed by atoms with Crippen LogP contribution in [-0.4, -0.2) is 16.1 Å². The number of aliphatic carboxylic acids is 1. The number of hydrogen-bond acceptors (Lipinski definition) is 2. The maximum atomic E-state index is 10.4.